The van der Waals surface area contributed by atoms with Crippen molar-refractivity contribution in [3.05, 3.63) is 46.9 Å². The third kappa shape index (κ3) is 2.35. The first-order chi connectivity index (χ1) is 7.47. The third-order valence-electron chi connectivity index (χ3n) is 2.47. The van der Waals surface area contributed by atoms with Gasteiger partial charge in [-0.05, 0) is 23.1 Å². The van der Waals surface area contributed by atoms with E-state index in [1.54, 1.807) is 11.5 Å². The summed E-state index contributed by atoms with van der Waals surface area (Å²) in [6.07, 6.45) is -2.52. The highest BCUT2D eigenvalue weighted by Gasteiger charge is 2.30. The summed E-state index contributed by atoms with van der Waals surface area (Å²) in [5.74, 6) is 0.439. The van der Waals surface area contributed by atoms with Crippen LogP contribution in [0.5, 0.6) is 0 Å². The third-order valence-corrected chi connectivity index (χ3v) is 3.62. The Labute approximate surface area is 93.4 Å². The van der Waals surface area contributed by atoms with Gasteiger partial charge in [-0.1, -0.05) is 18.2 Å². The summed E-state index contributed by atoms with van der Waals surface area (Å²) in [5, 5.41) is 1.59. The molecule has 1 nitrogen and oxygen atoms in total. The van der Waals surface area contributed by atoms with Crippen LogP contribution in [0.15, 0.2) is 35.7 Å². The van der Waals surface area contributed by atoms with Crippen molar-refractivity contribution in [2.24, 2.45) is 0 Å². The van der Waals surface area contributed by atoms with Crippen molar-refractivity contribution in [3.63, 3.8) is 0 Å². The lowest BCUT2D eigenvalue weighted by Crippen LogP contribution is -2.05. The summed E-state index contributed by atoms with van der Waals surface area (Å²) in [6.45, 7) is 0. The van der Waals surface area contributed by atoms with Crippen molar-refractivity contribution >= 4 is 10.8 Å². The van der Waals surface area contributed by atoms with E-state index in [4.69, 9.17) is 0 Å². The zero-order valence-electron chi connectivity index (χ0n) is 8.20. The van der Waals surface area contributed by atoms with E-state index in [1.807, 2.05) is 0 Å². The van der Waals surface area contributed by atoms with Crippen molar-refractivity contribution < 1.29 is 17.4 Å². The molecule has 1 aliphatic rings. The number of rotatable bonds is 1. The first-order valence-corrected chi connectivity index (χ1v) is 6.08. The van der Waals surface area contributed by atoms with Crippen LogP contribution in [0.25, 0.3) is 0 Å². The summed E-state index contributed by atoms with van der Waals surface area (Å²) >= 11 is 0. The Morgan fingerprint density at radius 2 is 1.81 bits per heavy atom. The van der Waals surface area contributed by atoms with Crippen molar-refractivity contribution in [2.75, 3.05) is 5.75 Å². The summed E-state index contributed by atoms with van der Waals surface area (Å²) in [7, 11) is -0.979. The van der Waals surface area contributed by atoms with E-state index in [1.165, 1.54) is 12.1 Å². The fourth-order valence-corrected chi connectivity index (χ4v) is 2.73. The molecule has 2 rings (SSSR count). The topological polar surface area (TPSA) is 17.1 Å². The van der Waals surface area contributed by atoms with Crippen LogP contribution >= 0.6 is 0 Å². The van der Waals surface area contributed by atoms with Crippen LogP contribution in [0.1, 0.15) is 17.0 Å². The molecule has 0 aliphatic carbocycles. The summed E-state index contributed by atoms with van der Waals surface area (Å²) < 4.78 is 48.0. The van der Waals surface area contributed by atoms with Crippen molar-refractivity contribution in [2.45, 2.75) is 12.1 Å². The van der Waals surface area contributed by atoms with Gasteiger partial charge in [-0.2, -0.15) is 13.2 Å². The lowest BCUT2D eigenvalue weighted by atomic mass is 10.00. The first kappa shape index (κ1) is 11.4. The van der Waals surface area contributed by atoms with E-state index in [0.717, 1.165) is 17.7 Å². The van der Waals surface area contributed by atoms with E-state index in [2.05, 4.69) is 0 Å². The second kappa shape index (κ2) is 4.05. The van der Waals surface area contributed by atoms with Crippen LogP contribution in [0.3, 0.4) is 0 Å². The van der Waals surface area contributed by atoms with Crippen molar-refractivity contribution in [1.82, 2.24) is 0 Å². The fraction of sp³-hybridized carbons (Fsp3) is 0.273. The predicted octanol–water partition coefficient (Wildman–Crippen LogP) is 3.07. The normalized spacial score (nSPS) is 24.9. The number of allylic oxidation sites excluding steroid dienone is 1. The second-order valence-corrected chi connectivity index (χ2v) is 4.97. The van der Waals surface area contributed by atoms with E-state index >= 15 is 0 Å². The van der Waals surface area contributed by atoms with E-state index < -0.39 is 22.5 Å². The van der Waals surface area contributed by atoms with Crippen LogP contribution in [0.2, 0.25) is 0 Å². The molecule has 0 aromatic heterocycles. The smallest absolute Gasteiger partial charge is 0.255 e. The molecule has 1 aliphatic heterocycles. The maximum atomic E-state index is 12.3. The average Bonchev–Trinajstić information content (AvgIpc) is 2.64. The van der Waals surface area contributed by atoms with Crippen molar-refractivity contribution in [3.8, 4) is 0 Å². The van der Waals surface area contributed by atoms with Crippen LogP contribution < -0.4 is 0 Å². The van der Waals surface area contributed by atoms with Gasteiger partial charge in [0.05, 0.1) is 5.56 Å². The summed E-state index contributed by atoms with van der Waals surface area (Å²) in [4.78, 5) is 0. The molecular weight excluding hydrogens is 237 g/mol. The fourth-order valence-electron chi connectivity index (χ4n) is 1.60. The Morgan fingerprint density at radius 1 is 1.19 bits per heavy atom. The highest BCUT2D eigenvalue weighted by atomic mass is 32.2. The van der Waals surface area contributed by atoms with Gasteiger partial charge >= 0.3 is 6.18 Å². The van der Waals surface area contributed by atoms with Gasteiger partial charge in [-0.15, -0.1) is 0 Å². The lowest BCUT2D eigenvalue weighted by Gasteiger charge is -2.10. The average molecular weight is 246 g/mol. The molecule has 0 amide bonds. The molecule has 1 aromatic carbocycles. The zero-order valence-corrected chi connectivity index (χ0v) is 9.02. The molecule has 5 heteroatoms. The molecule has 0 saturated heterocycles. The van der Waals surface area contributed by atoms with Gasteiger partial charge in [-0.3, -0.25) is 4.21 Å². The molecule has 2 atom stereocenters. The minimum atomic E-state index is -4.30. The van der Waals surface area contributed by atoms with Crippen LogP contribution in [-0.4, -0.2) is 9.96 Å². The Hall–Kier alpha value is -1.10. The van der Waals surface area contributed by atoms with Gasteiger partial charge in [0.1, 0.15) is 0 Å². The minimum Gasteiger partial charge on any atom is -0.255 e. The molecule has 0 radical (unpaired) electrons. The number of benzene rings is 1. The Morgan fingerprint density at radius 3 is 2.25 bits per heavy atom. The minimum absolute atomic E-state index is 0.0249. The number of hydrogen-bond donors (Lipinski definition) is 0. The zero-order chi connectivity index (χ0) is 11.8. The number of halogens is 3. The highest BCUT2D eigenvalue weighted by Crippen LogP contribution is 2.31. The van der Waals surface area contributed by atoms with E-state index in [-0.39, 0.29) is 5.92 Å². The Kier molecular flexibility index (Phi) is 2.88. The molecule has 1 unspecified atom stereocenters. The van der Waals surface area contributed by atoms with Crippen LogP contribution in [0.4, 0.5) is 13.2 Å². The van der Waals surface area contributed by atoms with Gasteiger partial charge in [0.15, 0.2) is 0 Å². The van der Waals surface area contributed by atoms with Gasteiger partial charge in [0.2, 0.25) is 0 Å². The molecule has 16 heavy (non-hydrogen) atoms. The lowest BCUT2D eigenvalue weighted by molar-refractivity contribution is -0.137. The highest BCUT2D eigenvalue weighted by molar-refractivity contribution is 7.88. The molecule has 1 heterocycles. The van der Waals surface area contributed by atoms with Gasteiger partial charge in [0.25, 0.3) is 0 Å². The largest absolute Gasteiger partial charge is 0.416 e. The number of alkyl halides is 3. The molecule has 0 N–H and O–H groups in total. The van der Waals surface area contributed by atoms with Crippen LogP contribution in [0, 0.1) is 0 Å². The predicted molar refractivity (Wildman–Crippen MR) is 56.3 cm³/mol. The molecule has 0 spiro atoms. The summed E-state index contributed by atoms with van der Waals surface area (Å²) in [6, 6.07) is 5.01. The van der Waals surface area contributed by atoms with Crippen LogP contribution in [-0.2, 0) is 17.0 Å². The molecule has 0 saturated carbocycles. The molecule has 1 aromatic rings. The monoisotopic (exact) mass is 246 g/mol. The maximum Gasteiger partial charge on any atom is 0.416 e. The first-order valence-electron chi connectivity index (χ1n) is 4.69. The SMILES string of the molecule is O=S1C=C[C@H](c2ccc(C(F)(F)F)cc2)C1. The Balaban J connectivity index is 2.20. The second-order valence-electron chi connectivity index (χ2n) is 3.60. The maximum absolute atomic E-state index is 12.3. The van der Waals surface area contributed by atoms with E-state index in [0.29, 0.717) is 5.75 Å². The summed E-state index contributed by atoms with van der Waals surface area (Å²) in [5.41, 5.74) is 0.120. The quantitative estimate of drug-likeness (QED) is 0.744. The molecule has 0 bridgehead atoms. The number of hydrogen-bond acceptors (Lipinski definition) is 1. The standard InChI is InChI=1S/C11H9F3OS/c12-11(13,14)10-3-1-8(2-4-10)9-5-6-16(15)7-9/h1-6,9H,7H2/t9-,16?/m0/s1. The molecule has 86 valence electrons. The van der Waals surface area contributed by atoms with Gasteiger partial charge in [0, 0.05) is 22.5 Å². The van der Waals surface area contributed by atoms with E-state index in [9.17, 15) is 17.4 Å². The Bertz CT molecular complexity index is 434. The molecular formula is C11H9F3OS. The molecule has 0 fully saturated rings. The van der Waals surface area contributed by atoms with Crippen molar-refractivity contribution in [1.29, 1.82) is 0 Å². The van der Waals surface area contributed by atoms with Gasteiger partial charge in [-0.25, -0.2) is 0 Å². The van der Waals surface area contributed by atoms with Gasteiger partial charge < -0.3 is 0 Å².